The van der Waals surface area contributed by atoms with Crippen molar-refractivity contribution in [2.75, 3.05) is 26.3 Å². The molecular weight excluding hydrogens is 335 g/mol. The molecular formula is C17H20ClFN2O3. The number of carbonyl (C=O) groups excluding carboxylic acids is 2. The molecule has 5 nitrogen and oxygen atoms in total. The van der Waals surface area contributed by atoms with Gasteiger partial charge in [-0.1, -0.05) is 24.2 Å². The first-order chi connectivity index (χ1) is 11.5. The molecule has 1 N–H and O–H groups in total. The summed E-state index contributed by atoms with van der Waals surface area (Å²) in [5.74, 6) is -0.825. The van der Waals surface area contributed by atoms with Gasteiger partial charge in [-0.3, -0.25) is 9.59 Å². The summed E-state index contributed by atoms with van der Waals surface area (Å²) in [6.45, 7) is 4.93. The van der Waals surface area contributed by atoms with Crippen molar-refractivity contribution < 1.29 is 18.7 Å². The molecule has 0 spiro atoms. The van der Waals surface area contributed by atoms with Gasteiger partial charge in [-0.2, -0.15) is 0 Å². The lowest BCUT2D eigenvalue weighted by molar-refractivity contribution is -0.136. The molecule has 1 saturated heterocycles. The molecule has 0 radical (unpaired) electrons. The molecule has 0 aliphatic carbocycles. The summed E-state index contributed by atoms with van der Waals surface area (Å²) in [4.78, 5) is 25.5. The highest BCUT2D eigenvalue weighted by Gasteiger charge is 2.27. The summed E-state index contributed by atoms with van der Waals surface area (Å²) >= 11 is 5.95. The van der Waals surface area contributed by atoms with Crippen LogP contribution in [-0.2, 0) is 20.7 Å². The smallest absolute Gasteiger partial charge is 0.246 e. The summed E-state index contributed by atoms with van der Waals surface area (Å²) in [6.07, 6.45) is 1.66. The van der Waals surface area contributed by atoms with Crippen LogP contribution in [0.25, 0.3) is 0 Å². The summed E-state index contributed by atoms with van der Waals surface area (Å²) in [5.41, 5.74) is 0.379. The minimum Gasteiger partial charge on any atom is -0.377 e. The highest BCUT2D eigenvalue weighted by molar-refractivity contribution is 6.31. The number of nitrogens with one attached hydrogen (secondary N) is 1. The fourth-order valence-corrected chi connectivity index (χ4v) is 2.87. The van der Waals surface area contributed by atoms with Crippen LogP contribution in [0.15, 0.2) is 30.9 Å². The zero-order valence-corrected chi connectivity index (χ0v) is 14.0. The highest BCUT2D eigenvalue weighted by atomic mass is 35.5. The Labute approximate surface area is 145 Å². The summed E-state index contributed by atoms with van der Waals surface area (Å²) < 4.78 is 19.0. The van der Waals surface area contributed by atoms with Crippen molar-refractivity contribution in [1.29, 1.82) is 0 Å². The monoisotopic (exact) mass is 354 g/mol. The molecule has 1 fully saturated rings. The van der Waals surface area contributed by atoms with Gasteiger partial charge in [0.2, 0.25) is 11.8 Å². The third-order valence-corrected chi connectivity index (χ3v) is 4.22. The van der Waals surface area contributed by atoms with Crippen molar-refractivity contribution in [1.82, 2.24) is 10.2 Å². The zero-order chi connectivity index (χ0) is 17.5. The van der Waals surface area contributed by atoms with Gasteiger partial charge in [-0.05, 0) is 24.6 Å². The topological polar surface area (TPSA) is 58.6 Å². The van der Waals surface area contributed by atoms with Crippen LogP contribution in [0.3, 0.4) is 0 Å². The van der Waals surface area contributed by atoms with E-state index in [4.69, 9.17) is 16.3 Å². The van der Waals surface area contributed by atoms with Crippen LogP contribution in [-0.4, -0.2) is 49.1 Å². The van der Waals surface area contributed by atoms with Gasteiger partial charge in [-0.25, -0.2) is 4.39 Å². The maximum Gasteiger partial charge on any atom is 0.246 e. The Morgan fingerprint density at radius 2 is 2.29 bits per heavy atom. The van der Waals surface area contributed by atoms with Crippen LogP contribution in [0.4, 0.5) is 4.39 Å². The number of halogens is 2. The summed E-state index contributed by atoms with van der Waals surface area (Å²) in [7, 11) is 0. The Balaban J connectivity index is 1.84. The molecule has 24 heavy (non-hydrogen) atoms. The van der Waals surface area contributed by atoms with Gasteiger partial charge in [0.25, 0.3) is 0 Å². The van der Waals surface area contributed by atoms with Crippen LogP contribution in [0.1, 0.15) is 12.0 Å². The largest absolute Gasteiger partial charge is 0.377 e. The van der Waals surface area contributed by atoms with Crippen molar-refractivity contribution in [3.63, 3.8) is 0 Å². The van der Waals surface area contributed by atoms with E-state index in [1.54, 1.807) is 11.0 Å². The summed E-state index contributed by atoms with van der Waals surface area (Å²) in [6, 6.07) is 4.16. The van der Waals surface area contributed by atoms with E-state index < -0.39 is 0 Å². The fourth-order valence-electron chi connectivity index (χ4n) is 2.62. The third kappa shape index (κ3) is 4.79. The molecule has 7 heteroatoms. The van der Waals surface area contributed by atoms with E-state index in [1.165, 1.54) is 18.2 Å². The maximum atomic E-state index is 13.7. The summed E-state index contributed by atoms with van der Waals surface area (Å²) in [5, 5.41) is 3.07. The van der Waals surface area contributed by atoms with Crippen molar-refractivity contribution in [2.24, 2.45) is 0 Å². The molecule has 0 saturated carbocycles. The molecule has 0 bridgehead atoms. The highest BCUT2D eigenvalue weighted by Crippen LogP contribution is 2.19. The Kier molecular flexibility index (Phi) is 6.75. The predicted octanol–water partition coefficient (Wildman–Crippen LogP) is 1.94. The van der Waals surface area contributed by atoms with Crippen LogP contribution in [0, 0.1) is 5.82 Å². The lowest BCUT2D eigenvalue weighted by atomic mass is 10.1. The number of morpholine rings is 1. The molecule has 2 amide bonds. The first-order valence-corrected chi connectivity index (χ1v) is 8.11. The molecule has 0 aromatic heterocycles. The minimum absolute atomic E-state index is 0.130. The van der Waals surface area contributed by atoms with Crippen molar-refractivity contribution in [3.05, 3.63) is 47.3 Å². The number of nitrogens with zero attached hydrogens (tertiary/aromatic N) is 1. The van der Waals surface area contributed by atoms with E-state index in [-0.39, 0.29) is 36.6 Å². The Hall–Kier alpha value is -1.92. The third-order valence-electron chi connectivity index (χ3n) is 3.87. The van der Waals surface area contributed by atoms with Gasteiger partial charge in [0.15, 0.2) is 0 Å². The van der Waals surface area contributed by atoms with Crippen LogP contribution in [0.2, 0.25) is 5.02 Å². The van der Waals surface area contributed by atoms with Crippen LogP contribution in [0.5, 0.6) is 0 Å². The SMILES string of the molecule is C=CC(=O)N1CCOCC1CC(=O)NCCc1c(F)cccc1Cl. The molecule has 1 aliphatic rings. The van der Waals surface area contributed by atoms with Crippen LogP contribution < -0.4 is 5.32 Å². The number of hydrogen-bond acceptors (Lipinski definition) is 3. The maximum absolute atomic E-state index is 13.7. The normalized spacial score (nSPS) is 17.4. The van der Waals surface area contributed by atoms with E-state index >= 15 is 0 Å². The quantitative estimate of drug-likeness (QED) is 0.794. The van der Waals surface area contributed by atoms with Crippen molar-refractivity contribution in [3.8, 4) is 0 Å². The van der Waals surface area contributed by atoms with Gasteiger partial charge in [0, 0.05) is 30.1 Å². The number of carbonyl (C=O) groups is 2. The molecule has 1 aliphatic heterocycles. The molecule has 2 rings (SSSR count). The van der Waals surface area contributed by atoms with E-state index in [0.29, 0.717) is 36.8 Å². The van der Waals surface area contributed by atoms with E-state index in [2.05, 4.69) is 11.9 Å². The fraction of sp³-hybridized carbons (Fsp3) is 0.412. The van der Waals surface area contributed by atoms with Gasteiger partial charge >= 0.3 is 0 Å². The average Bonchev–Trinajstić information content (AvgIpc) is 2.57. The molecule has 1 heterocycles. The standard InChI is InChI=1S/C17H20ClFN2O3/c1-2-17(23)21-8-9-24-11-12(21)10-16(22)20-7-6-13-14(18)4-3-5-15(13)19/h2-5,12H,1,6-11H2,(H,20,22). The average molecular weight is 355 g/mol. The number of hydrogen-bond donors (Lipinski definition) is 1. The van der Waals surface area contributed by atoms with Gasteiger partial charge in [0.05, 0.1) is 19.3 Å². The Bertz CT molecular complexity index is 604. The lowest BCUT2D eigenvalue weighted by Crippen LogP contribution is -2.50. The van der Waals surface area contributed by atoms with Gasteiger partial charge in [-0.15, -0.1) is 0 Å². The molecule has 1 unspecified atom stereocenters. The van der Waals surface area contributed by atoms with Crippen molar-refractivity contribution in [2.45, 2.75) is 18.9 Å². The second-order valence-electron chi connectivity index (χ2n) is 5.47. The molecule has 1 atom stereocenters. The number of benzene rings is 1. The minimum atomic E-state index is -0.389. The molecule has 1 aromatic rings. The van der Waals surface area contributed by atoms with Gasteiger partial charge < -0.3 is 15.0 Å². The van der Waals surface area contributed by atoms with E-state index in [9.17, 15) is 14.0 Å². The first-order valence-electron chi connectivity index (χ1n) is 7.73. The molecule has 1 aromatic carbocycles. The zero-order valence-electron chi connectivity index (χ0n) is 13.3. The Morgan fingerprint density at radius 3 is 3.00 bits per heavy atom. The van der Waals surface area contributed by atoms with E-state index in [0.717, 1.165) is 0 Å². The van der Waals surface area contributed by atoms with Crippen molar-refractivity contribution >= 4 is 23.4 Å². The Morgan fingerprint density at radius 1 is 1.50 bits per heavy atom. The second-order valence-corrected chi connectivity index (χ2v) is 5.88. The lowest BCUT2D eigenvalue weighted by Gasteiger charge is -2.34. The predicted molar refractivity (Wildman–Crippen MR) is 89.3 cm³/mol. The molecule has 130 valence electrons. The van der Waals surface area contributed by atoms with Crippen LogP contribution >= 0.6 is 11.6 Å². The number of rotatable bonds is 6. The number of ether oxygens (including phenoxy) is 1. The number of amides is 2. The van der Waals surface area contributed by atoms with E-state index in [1.807, 2.05) is 0 Å². The van der Waals surface area contributed by atoms with Gasteiger partial charge in [0.1, 0.15) is 5.82 Å². The second kappa shape index (κ2) is 8.80. The first kappa shape index (κ1) is 18.4.